The van der Waals surface area contributed by atoms with Crippen LogP contribution in [0.25, 0.3) is 22.3 Å². The molecule has 0 atom stereocenters. The quantitative estimate of drug-likeness (QED) is 0.705. The minimum absolute atomic E-state index is 0. The molecule has 0 saturated carbocycles. The first kappa shape index (κ1) is 22.0. The fourth-order valence-corrected chi connectivity index (χ4v) is 2.64. The van der Waals surface area contributed by atoms with Crippen LogP contribution in [0.1, 0.15) is 0 Å². The first-order valence-corrected chi connectivity index (χ1v) is 7.85. The number of aromatic amines is 1. The predicted octanol–water partition coefficient (Wildman–Crippen LogP) is 4.05. The average Bonchev–Trinajstić information content (AvgIpc) is 2.95. The number of hydrogen-bond acceptors (Lipinski definition) is 2. The number of halogens is 3. The van der Waals surface area contributed by atoms with Gasteiger partial charge in [-0.25, -0.2) is 4.39 Å². The molecule has 0 amide bonds. The van der Waals surface area contributed by atoms with E-state index in [1.807, 2.05) is 49.3 Å². The summed E-state index contributed by atoms with van der Waals surface area (Å²) in [6.45, 7) is 1.43. The zero-order valence-electron chi connectivity index (χ0n) is 14.6. The lowest BCUT2D eigenvalue weighted by Gasteiger charge is -2.09. The van der Waals surface area contributed by atoms with Crippen molar-refractivity contribution >= 4 is 24.8 Å². The molecule has 1 aromatic heterocycles. The molecule has 0 radical (unpaired) electrons. The van der Waals surface area contributed by atoms with E-state index in [0.29, 0.717) is 23.2 Å². The van der Waals surface area contributed by atoms with Gasteiger partial charge in [-0.3, -0.25) is 14.6 Å². The molecule has 0 saturated heterocycles. The Morgan fingerprint density at radius 3 is 2.27 bits per heavy atom. The van der Waals surface area contributed by atoms with Gasteiger partial charge in [0.1, 0.15) is 5.82 Å². The van der Waals surface area contributed by atoms with E-state index in [1.54, 1.807) is 29.1 Å². The van der Waals surface area contributed by atoms with Crippen LogP contribution in [-0.4, -0.2) is 35.3 Å². The zero-order valence-corrected chi connectivity index (χ0v) is 16.2. The van der Waals surface area contributed by atoms with Crippen LogP contribution in [-0.2, 0) is 6.54 Å². The van der Waals surface area contributed by atoms with Crippen LogP contribution in [0.4, 0.5) is 4.39 Å². The number of likely N-dealkylation sites (N-methyl/N-ethyl adjacent to an activating group) is 1. The van der Waals surface area contributed by atoms with Crippen LogP contribution in [0.3, 0.4) is 0 Å². The van der Waals surface area contributed by atoms with E-state index in [-0.39, 0.29) is 36.2 Å². The predicted molar refractivity (Wildman–Crippen MR) is 109 cm³/mol. The second kappa shape index (κ2) is 9.57. The summed E-state index contributed by atoms with van der Waals surface area (Å²) < 4.78 is 16.7. The fourth-order valence-electron chi connectivity index (χ4n) is 2.64. The Kier molecular flexibility index (Phi) is 8.08. The molecule has 0 aliphatic carbocycles. The maximum atomic E-state index is 15.0. The molecule has 2 aromatic carbocycles. The third-order valence-corrected chi connectivity index (χ3v) is 3.94. The normalized spacial score (nSPS) is 10.3. The molecule has 0 aliphatic rings. The summed E-state index contributed by atoms with van der Waals surface area (Å²) in [7, 11) is 3.93. The van der Waals surface area contributed by atoms with Crippen LogP contribution in [0.2, 0.25) is 0 Å². The molecule has 3 rings (SSSR count). The monoisotopic (exact) mass is 397 g/mol. The Bertz CT molecular complexity index is 891. The standard InChI is InChI=1S/C19H20FN3O.2ClH/c1-22(2)11-12-23-13-17(19(24)21-23)16-10-6-9-15(18(16)20)14-7-4-3-5-8-14;;/h3-10,13H,11-12H2,1-2H3,(H,21,24);2*1H. The second-order valence-corrected chi connectivity index (χ2v) is 6.01. The van der Waals surface area contributed by atoms with Crippen molar-refractivity contribution in [2.45, 2.75) is 6.54 Å². The summed E-state index contributed by atoms with van der Waals surface area (Å²) in [4.78, 5) is 14.3. The van der Waals surface area contributed by atoms with E-state index in [4.69, 9.17) is 0 Å². The first-order valence-electron chi connectivity index (χ1n) is 7.85. The van der Waals surface area contributed by atoms with E-state index < -0.39 is 0 Å². The third-order valence-electron chi connectivity index (χ3n) is 3.94. The van der Waals surface area contributed by atoms with Gasteiger partial charge in [0.15, 0.2) is 0 Å². The van der Waals surface area contributed by atoms with Gasteiger partial charge in [0.2, 0.25) is 0 Å². The third kappa shape index (κ3) is 4.75. The summed E-state index contributed by atoms with van der Waals surface area (Å²) >= 11 is 0. The summed E-state index contributed by atoms with van der Waals surface area (Å²) in [5, 5.41) is 2.75. The molecule has 26 heavy (non-hydrogen) atoms. The largest absolute Gasteiger partial charge is 0.308 e. The van der Waals surface area contributed by atoms with Gasteiger partial charge in [-0.15, -0.1) is 24.8 Å². The van der Waals surface area contributed by atoms with Crippen molar-refractivity contribution in [3.63, 3.8) is 0 Å². The van der Waals surface area contributed by atoms with Gasteiger partial charge in [-0.1, -0.05) is 48.5 Å². The second-order valence-electron chi connectivity index (χ2n) is 6.01. The number of benzene rings is 2. The lowest BCUT2D eigenvalue weighted by atomic mass is 9.99. The fraction of sp³-hybridized carbons (Fsp3) is 0.211. The van der Waals surface area contributed by atoms with Gasteiger partial charge < -0.3 is 4.90 Å². The summed E-state index contributed by atoms with van der Waals surface area (Å²) in [6.07, 6.45) is 1.68. The van der Waals surface area contributed by atoms with E-state index in [1.165, 1.54) is 0 Å². The number of H-pyrrole nitrogens is 1. The molecule has 1 N–H and O–H groups in total. The van der Waals surface area contributed by atoms with Gasteiger partial charge in [-0.2, -0.15) is 0 Å². The molecule has 1 heterocycles. The smallest absolute Gasteiger partial charge is 0.272 e. The molecule has 4 nitrogen and oxygen atoms in total. The summed E-state index contributed by atoms with van der Waals surface area (Å²) in [5.41, 5.74) is 1.68. The number of rotatable bonds is 5. The topological polar surface area (TPSA) is 41.0 Å². The minimum Gasteiger partial charge on any atom is -0.308 e. The number of nitrogens with one attached hydrogen (secondary N) is 1. The van der Waals surface area contributed by atoms with Crippen molar-refractivity contribution in [2.75, 3.05) is 20.6 Å². The van der Waals surface area contributed by atoms with Crippen molar-refractivity contribution in [3.05, 3.63) is 70.9 Å². The van der Waals surface area contributed by atoms with Crippen molar-refractivity contribution < 1.29 is 4.39 Å². The molecule has 0 fully saturated rings. The van der Waals surface area contributed by atoms with Crippen LogP contribution in [0, 0.1) is 5.82 Å². The van der Waals surface area contributed by atoms with Gasteiger partial charge in [0.05, 0.1) is 12.1 Å². The van der Waals surface area contributed by atoms with Gasteiger partial charge >= 0.3 is 0 Å². The van der Waals surface area contributed by atoms with Crippen molar-refractivity contribution in [1.29, 1.82) is 0 Å². The summed E-state index contributed by atoms with van der Waals surface area (Å²) in [6, 6.07) is 14.5. The molecule has 0 unspecified atom stereocenters. The Morgan fingerprint density at radius 2 is 1.62 bits per heavy atom. The highest BCUT2D eigenvalue weighted by atomic mass is 35.5. The minimum atomic E-state index is -0.375. The number of aromatic nitrogens is 2. The van der Waals surface area contributed by atoms with Crippen molar-refractivity contribution in [3.8, 4) is 22.3 Å². The Morgan fingerprint density at radius 1 is 0.962 bits per heavy atom. The molecular formula is C19H22Cl2FN3O. The number of nitrogens with zero attached hydrogens (tertiary/aromatic N) is 2. The highest BCUT2D eigenvalue weighted by Gasteiger charge is 2.15. The molecule has 7 heteroatoms. The number of hydrogen-bond donors (Lipinski definition) is 1. The van der Waals surface area contributed by atoms with Crippen LogP contribution in [0.15, 0.2) is 59.5 Å². The van der Waals surface area contributed by atoms with Gasteiger partial charge in [0.25, 0.3) is 5.56 Å². The van der Waals surface area contributed by atoms with Crippen LogP contribution < -0.4 is 5.56 Å². The molecular weight excluding hydrogens is 376 g/mol. The summed E-state index contributed by atoms with van der Waals surface area (Å²) in [5.74, 6) is -0.375. The molecule has 0 bridgehead atoms. The van der Waals surface area contributed by atoms with Gasteiger partial charge in [0, 0.05) is 23.9 Å². The van der Waals surface area contributed by atoms with E-state index in [0.717, 1.165) is 12.1 Å². The lowest BCUT2D eigenvalue weighted by Crippen LogP contribution is -2.19. The molecule has 3 aromatic rings. The van der Waals surface area contributed by atoms with E-state index >= 15 is 0 Å². The Hall–Kier alpha value is -2.08. The maximum Gasteiger partial charge on any atom is 0.272 e. The average molecular weight is 398 g/mol. The highest BCUT2D eigenvalue weighted by Crippen LogP contribution is 2.29. The molecule has 140 valence electrons. The maximum absolute atomic E-state index is 15.0. The molecule has 0 spiro atoms. The van der Waals surface area contributed by atoms with Crippen molar-refractivity contribution in [2.24, 2.45) is 0 Å². The Labute approximate surface area is 164 Å². The Balaban J connectivity index is 0.00000169. The van der Waals surface area contributed by atoms with Crippen molar-refractivity contribution in [1.82, 2.24) is 14.7 Å². The van der Waals surface area contributed by atoms with E-state index in [9.17, 15) is 9.18 Å². The first-order chi connectivity index (χ1) is 11.6. The van der Waals surface area contributed by atoms with Crippen LogP contribution in [0.5, 0.6) is 0 Å². The highest BCUT2D eigenvalue weighted by molar-refractivity contribution is 5.85. The lowest BCUT2D eigenvalue weighted by molar-refractivity contribution is 0.372. The molecule has 0 aliphatic heterocycles. The SMILES string of the molecule is CN(C)CCn1cc(-c2cccc(-c3ccccc3)c2F)c(=O)[nH]1.Cl.Cl. The van der Waals surface area contributed by atoms with Gasteiger partial charge in [-0.05, 0) is 19.7 Å². The van der Waals surface area contributed by atoms with Crippen LogP contribution >= 0.6 is 24.8 Å². The van der Waals surface area contributed by atoms with E-state index in [2.05, 4.69) is 5.10 Å². The zero-order chi connectivity index (χ0) is 17.1.